The van der Waals surface area contributed by atoms with Crippen molar-refractivity contribution in [1.29, 1.82) is 0 Å². The van der Waals surface area contributed by atoms with Gasteiger partial charge in [0.05, 0.1) is 0 Å². The number of hydrogen-bond acceptors (Lipinski definition) is 4. The summed E-state index contributed by atoms with van der Waals surface area (Å²) in [6.07, 6.45) is -0.419. The summed E-state index contributed by atoms with van der Waals surface area (Å²) in [5, 5.41) is 9.18. The number of carboxylic acids is 1. The molecule has 4 unspecified atom stereocenters. The van der Waals surface area contributed by atoms with Crippen molar-refractivity contribution in [3.05, 3.63) is 83.9 Å². The number of fused-ring (bicyclic) bond motifs is 3. The molecule has 0 amide bonds. The highest BCUT2D eigenvalue weighted by molar-refractivity contribution is 5.79. The number of benzene rings is 3. The van der Waals surface area contributed by atoms with Crippen LogP contribution in [0.3, 0.4) is 0 Å². The lowest BCUT2D eigenvalue weighted by Crippen LogP contribution is -2.09. The third kappa shape index (κ3) is 3.29. The molecule has 5 heteroatoms. The third-order valence-corrected chi connectivity index (χ3v) is 5.47. The molecule has 1 N–H and O–H groups in total. The molecule has 2 aliphatic rings. The molecule has 146 valence electrons. The lowest BCUT2D eigenvalue weighted by atomic mass is 10.1. The van der Waals surface area contributed by atoms with Gasteiger partial charge >= 0.3 is 5.97 Å². The van der Waals surface area contributed by atoms with Gasteiger partial charge in [-0.1, -0.05) is 36.4 Å². The standard InChI is InChI=1S/C24H20O5/c1-14(15-6-5-9-17(12-15)28-16-7-3-2-4-8-16)27-18-10-11-19-20(13-18)29-23-21(19)22(23)24(25)26/h2-14,21-23H,1H3,(H,25,26). The second-order valence-corrected chi connectivity index (χ2v) is 7.42. The van der Waals surface area contributed by atoms with Crippen LogP contribution in [0.5, 0.6) is 23.0 Å². The fourth-order valence-electron chi connectivity index (χ4n) is 3.93. The van der Waals surface area contributed by atoms with E-state index in [-0.39, 0.29) is 18.1 Å². The Balaban J connectivity index is 1.28. The molecule has 0 spiro atoms. The normalized spacial score (nSPS) is 22.0. The molecular weight excluding hydrogens is 368 g/mol. The van der Waals surface area contributed by atoms with Crippen molar-refractivity contribution in [3.63, 3.8) is 0 Å². The molecule has 0 radical (unpaired) electrons. The Morgan fingerprint density at radius 1 is 0.966 bits per heavy atom. The van der Waals surface area contributed by atoms with E-state index in [1.165, 1.54) is 0 Å². The first-order valence-corrected chi connectivity index (χ1v) is 9.63. The van der Waals surface area contributed by atoms with Crippen molar-refractivity contribution in [2.24, 2.45) is 5.92 Å². The Labute approximate surface area is 168 Å². The maximum Gasteiger partial charge on any atom is 0.311 e. The number of para-hydroxylation sites is 1. The first-order valence-electron chi connectivity index (χ1n) is 9.63. The fraction of sp³-hybridized carbons (Fsp3) is 0.208. The van der Waals surface area contributed by atoms with Crippen molar-refractivity contribution in [2.75, 3.05) is 0 Å². The molecule has 1 aliphatic carbocycles. The Hall–Kier alpha value is -3.47. The minimum absolute atomic E-state index is 0.0270. The average molecular weight is 388 g/mol. The van der Waals surface area contributed by atoms with Crippen molar-refractivity contribution >= 4 is 5.97 Å². The van der Waals surface area contributed by atoms with Crippen LogP contribution in [0.25, 0.3) is 0 Å². The van der Waals surface area contributed by atoms with Crippen LogP contribution >= 0.6 is 0 Å². The number of rotatable bonds is 6. The molecule has 1 heterocycles. The van der Waals surface area contributed by atoms with Crippen LogP contribution in [0, 0.1) is 5.92 Å². The second kappa shape index (κ2) is 6.85. The van der Waals surface area contributed by atoms with Crippen LogP contribution < -0.4 is 14.2 Å². The summed E-state index contributed by atoms with van der Waals surface area (Å²) in [5.74, 6) is 1.72. The van der Waals surface area contributed by atoms with E-state index >= 15 is 0 Å². The Morgan fingerprint density at radius 2 is 1.76 bits per heavy atom. The largest absolute Gasteiger partial charge is 0.488 e. The Morgan fingerprint density at radius 3 is 2.55 bits per heavy atom. The van der Waals surface area contributed by atoms with Crippen LogP contribution in [0.4, 0.5) is 0 Å². The zero-order valence-electron chi connectivity index (χ0n) is 15.8. The molecule has 3 aromatic carbocycles. The maximum atomic E-state index is 11.2. The van der Waals surface area contributed by atoms with Crippen LogP contribution in [-0.4, -0.2) is 17.2 Å². The van der Waals surface area contributed by atoms with E-state index in [0.717, 1.165) is 28.4 Å². The van der Waals surface area contributed by atoms with E-state index in [1.54, 1.807) is 0 Å². The van der Waals surface area contributed by atoms with Crippen molar-refractivity contribution in [1.82, 2.24) is 0 Å². The third-order valence-electron chi connectivity index (χ3n) is 5.47. The summed E-state index contributed by atoms with van der Waals surface area (Å²) < 4.78 is 17.8. The summed E-state index contributed by atoms with van der Waals surface area (Å²) >= 11 is 0. The highest BCUT2D eigenvalue weighted by atomic mass is 16.5. The Kier molecular flexibility index (Phi) is 4.16. The molecule has 1 aliphatic heterocycles. The summed E-state index contributed by atoms with van der Waals surface area (Å²) in [4.78, 5) is 11.2. The summed E-state index contributed by atoms with van der Waals surface area (Å²) in [6.45, 7) is 1.98. The lowest BCUT2D eigenvalue weighted by molar-refractivity contribution is -0.139. The molecule has 5 nitrogen and oxygen atoms in total. The highest BCUT2D eigenvalue weighted by Crippen LogP contribution is 2.58. The highest BCUT2D eigenvalue weighted by Gasteiger charge is 2.63. The van der Waals surface area contributed by atoms with E-state index in [9.17, 15) is 9.90 Å². The van der Waals surface area contributed by atoms with Crippen molar-refractivity contribution in [3.8, 4) is 23.0 Å². The van der Waals surface area contributed by atoms with E-state index in [2.05, 4.69) is 0 Å². The molecular formula is C24H20O5. The minimum atomic E-state index is -0.794. The first-order chi connectivity index (χ1) is 14.1. The topological polar surface area (TPSA) is 65.0 Å². The van der Waals surface area contributed by atoms with Crippen molar-refractivity contribution < 1.29 is 24.1 Å². The van der Waals surface area contributed by atoms with Gasteiger partial charge in [0.25, 0.3) is 0 Å². The van der Waals surface area contributed by atoms with Gasteiger partial charge in [-0.3, -0.25) is 4.79 Å². The first kappa shape index (κ1) is 17.6. The van der Waals surface area contributed by atoms with Gasteiger partial charge in [-0.25, -0.2) is 0 Å². The van der Waals surface area contributed by atoms with Gasteiger partial charge in [-0.15, -0.1) is 0 Å². The molecule has 3 aromatic rings. The average Bonchev–Trinajstić information content (AvgIpc) is 3.32. The van der Waals surface area contributed by atoms with Gasteiger partial charge in [0.15, 0.2) is 0 Å². The van der Waals surface area contributed by atoms with E-state index in [1.807, 2.05) is 79.7 Å². The SMILES string of the molecule is CC(Oc1ccc2c(c1)OC1C(C(=O)O)C21)c1cccc(Oc2ccccc2)c1. The number of ether oxygens (including phenoxy) is 3. The Bertz CT molecular complexity index is 1060. The van der Waals surface area contributed by atoms with Gasteiger partial charge < -0.3 is 19.3 Å². The lowest BCUT2D eigenvalue weighted by Gasteiger charge is -2.17. The zero-order chi connectivity index (χ0) is 20.0. The van der Waals surface area contributed by atoms with E-state index < -0.39 is 11.9 Å². The molecule has 0 bridgehead atoms. The second-order valence-electron chi connectivity index (χ2n) is 7.42. The van der Waals surface area contributed by atoms with E-state index in [0.29, 0.717) is 5.75 Å². The van der Waals surface area contributed by atoms with Gasteiger partial charge in [-0.05, 0) is 42.8 Å². The summed E-state index contributed by atoms with van der Waals surface area (Å²) in [6, 6.07) is 23.1. The van der Waals surface area contributed by atoms with Gasteiger partial charge in [0.2, 0.25) is 0 Å². The van der Waals surface area contributed by atoms with Crippen molar-refractivity contribution in [2.45, 2.75) is 25.0 Å². The zero-order valence-corrected chi connectivity index (χ0v) is 15.8. The number of carbonyl (C=O) groups is 1. The number of hydrogen-bond donors (Lipinski definition) is 1. The monoisotopic (exact) mass is 388 g/mol. The molecule has 29 heavy (non-hydrogen) atoms. The molecule has 1 saturated carbocycles. The number of aliphatic carboxylic acids is 1. The van der Waals surface area contributed by atoms with Gasteiger partial charge in [0, 0.05) is 17.5 Å². The van der Waals surface area contributed by atoms with Crippen LogP contribution in [0.2, 0.25) is 0 Å². The van der Waals surface area contributed by atoms with Gasteiger partial charge in [-0.2, -0.15) is 0 Å². The molecule has 0 saturated heterocycles. The predicted octanol–water partition coefficient (Wildman–Crippen LogP) is 5.18. The van der Waals surface area contributed by atoms with Crippen LogP contribution in [0.1, 0.15) is 30.1 Å². The molecule has 4 atom stereocenters. The molecule has 5 rings (SSSR count). The molecule has 1 fully saturated rings. The molecule has 0 aromatic heterocycles. The number of carboxylic acid groups (broad SMARTS) is 1. The fourth-order valence-corrected chi connectivity index (χ4v) is 3.93. The van der Waals surface area contributed by atoms with E-state index in [4.69, 9.17) is 14.2 Å². The predicted molar refractivity (Wildman–Crippen MR) is 107 cm³/mol. The quantitative estimate of drug-likeness (QED) is 0.630. The smallest absolute Gasteiger partial charge is 0.311 e. The minimum Gasteiger partial charge on any atom is -0.488 e. The van der Waals surface area contributed by atoms with Crippen LogP contribution in [-0.2, 0) is 4.79 Å². The summed E-state index contributed by atoms with van der Waals surface area (Å²) in [5.41, 5.74) is 1.95. The van der Waals surface area contributed by atoms with Gasteiger partial charge in [0.1, 0.15) is 41.1 Å². The maximum absolute atomic E-state index is 11.2. The summed E-state index contributed by atoms with van der Waals surface area (Å²) in [7, 11) is 0. The van der Waals surface area contributed by atoms with Crippen LogP contribution in [0.15, 0.2) is 72.8 Å².